The van der Waals surface area contributed by atoms with E-state index in [0.29, 0.717) is 6.54 Å². The molecule has 1 saturated carbocycles. The number of amides is 2. The molecular weight excluding hydrogens is 386 g/mol. The zero-order chi connectivity index (χ0) is 22.1. The fourth-order valence-corrected chi connectivity index (χ4v) is 5.66. The number of piperazine rings is 1. The molecule has 3 aliphatic rings. The normalized spacial score (nSPS) is 29.3. The molecule has 4 rings (SSSR count). The standard InChI is InChI=1S/C26H37N3O2/c1-25(2)22-12-13-26(25,3)24(31)29(23(22)30)16-8-15-28-19-17-27(18-20-28)14-7-11-21-9-5-4-6-10-21/h4-7,9-11,22H,8,12-20H2,1-3H3/b11-7+/t22-,26-/m0/s1. The van der Waals surface area contributed by atoms with Crippen LogP contribution in [0, 0.1) is 16.7 Å². The summed E-state index contributed by atoms with van der Waals surface area (Å²) in [4.78, 5) is 32.6. The maximum absolute atomic E-state index is 13.1. The zero-order valence-electron chi connectivity index (χ0n) is 19.3. The highest BCUT2D eigenvalue weighted by atomic mass is 16.2. The Kier molecular flexibility index (Phi) is 6.36. The number of imide groups is 1. The zero-order valence-corrected chi connectivity index (χ0v) is 19.3. The molecule has 0 unspecified atom stereocenters. The molecule has 31 heavy (non-hydrogen) atoms. The molecule has 0 spiro atoms. The lowest BCUT2D eigenvalue weighted by Gasteiger charge is -2.47. The second kappa shape index (κ2) is 8.87. The van der Waals surface area contributed by atoms with Crippen molar-refractivity contribution in [1.82, 2.24) is 14.7 Å². The molecule has 3 fully saturated rings. The van der Waals surface area contributed by atoms with Gasteiger partial charge in [-0.3, -0.25) is 19.4 Å². The van der Waals surface area contributed by atoms with E-state index in [2.05, 4.69) is 67.0 Å². The number of hydrogen-bond donors (Lipinski definition) is 0. The molecule has 2 aliphatic heterocycles. The topological polar surface area (TPSA) is 43.9 Å². The van der Waals surface area contributed by atoms with Gasteiger partial charge in [-0.15, -0.1) is 0 Å². The second-order valence-electron chi connectivity index (χ2n) is 10.2. The molecule has 0 N–H and O–H groups in total. The lowest BCUT2D eigenvalue weighted by atomic mass is 9.62. The number of fused-ring (bicyclic) bond motifs is 2. The Hall–Kier alpha value is -1.98. The number of piperidine rings is 1. The highest BCUT2D eigenvalue weighted by Gasteiger charge is 2.64. The first-order chi connectivity index (χ1) is 14.8. The largest absolute Gasteiger partial charge is 0.301 e. The van der Waals surface area contributed by atoms with Crippen LogP contribution in [0.4, 0.5) is 0 Å². The molecule has 2 bridgehead atoms. The van der Waals surface area contributed by atoms with Crippen LogP contribution in [0.2, 0.25) is 0 Å². The average Bonchev–Trinajstić information content (AvgIpc) is 2.96. The highest BCUT2D eigenvalue weighted by molar-refractivity contribution is 6.03. The van der Waals surface area contributed by atoms with Crippen molar-refractivity contribution in [2.75, 3.05) is 45.8 Å². The number of rotatable bonds is 7. The van der Waals surface area contributed by atoms with Gasteiger partial charge in [-0.2, -0.15) is 0 Å². The molecule has 168 valence electrons. The predicted octanol–water partition coefficient (Wildman–Crippen LogP) is 3.52. The summed E-state index contributed by atoms with van der Waals surface area (Å²) in [6, 6.07) is 10.4. The van der Waals surface area contributed by atoms with Crippen LogP contribution in [-0.2, 0) is 9.59 Å². The molecule has 2 saturated heterocycles. The fourth-order valence-electron chi connectivity index (χ4n) is 5.66. The first-order valence-electron chi connectivity index (χ1n) is 11.8. The Morgan fingerprint density at radius 3 is 2.35 bits per heavy atom. The predicted molar refractivity (Wildman–Crippen MR) is 124 cm³/mol. The first-order valence-corrected chi connectivity index (χ1v) is 11.8. The van der Waals surface area contributed by atoms with E-state index in [1.165, 1.54) is 5.56 Å². The molecule has 5 nitrogen and oxygen atoms in total. The first kappa shape index (κ1) is 22.2. The van der Waals surface area contributed by atoms with Gasteiger partial charge >= 0.3 is 0 Å². The van der Waals surface area contributed by atoms with Crippen LogP contribution in [0.25, 0.3) is 6.08 Å². The average molecular weight is 424 g/mol. The van der Waals surface area contributed by atoms with Gasteiger partial charge in [-0.25, -0.2) is 0 Å². The van der Waals surface area contributed by atoms with E-state index in [-0.39, 0.29) is 28.6 Å². The summed E-state index contributed by atoms with van der Waals surface area (Å²) < 4.78 is 0. The van der Waals surface area contributed by atoms with Crippen LogP contribution in [0.15, 0.2) is 36.4 Å². The fraction of sp³-hybridized carbons (Fsp3) is 0.615. The molecule has 2 atom stereocenters. The molecule has 0 aromatic heterocycles. The number of carbonyl (C=O) groups is 2. The Labute approximate surface area is 187 Å². The molecule has 2 heterocycles. The third-order valence-corrected chi connectivity index (χ3v) is 8.30. The van der Waals surface area contributed by atoms with E-state index in [9.17, 15) is 9.59 Å². The maximum Gasteiger partial charge on any atom is 0.235 e. The van der Waals surface area contributed by atoms with Gasteiger partial charge in [0.15, 0.2) is 0 Å². The Morgan fingerprint density at radius 1 is 0.968 bits per heavy atom. The van der Waals surface area contributed by atoms with Crippen molar-refractivity contribution in [3.63, 3.8) is 0 Å². The van der Waals surface area contributed by atoms with Crippen LogP contribution in [-0.4, -0.2) is 72.3 Å². The maximum atomic E-state index is 13.1. The van der Waals surface area contributed by atoms with Gasteiger partial charge < -0.3 is 4.90 Å². The van der Waals surface area contributed by atoms with E-state index in [1.54, 1.807) is 4.90 Å². The SMILES string of the molecule is CC1(C)[C@H]2CC[C@@]1(C)C(=O)N(CCCN1CCN(C/C=C/c3ccccc3)CC1)C2=O. The van der Waals surface area contributed by atoms with Crippen LogP contribution in [0.1, 0.15) is 45.6 Å². The summed E-state index contributed by atoms with van der Waals surface area (Å²) in [7, 11) is 0. The van der Waals surface area contributed by atoms with Gasteiger partial charge in [0.05, 0.1) is 5.41 Å². The number of carbonyl (C=O) groups excluding carboxylic acids is 2. The minimum Gasteiger partial charge on any atom is -0.301 e. The highest BCUT2D eigenvalue weighted by Crippen LogP contribution is 2.60. The lowest BCUT2D eigenvalue weighted by molar-refractivity contribution is -0.167. The summed E-state index contributed by atoms with van der Waals surface area (Å²) in [5.41, 5.74) is 0.640. The molecule has 1 aliphatic carbocycles. The van der Waals surface area contributed by atoms with E-state index in [0.717, 1.165) is 58.5 Å². The number of likely N-dealkylation sites (tertiary alicyclic amines) is 1. The third-order valence-electron chi connectivity index (χ3n) is 8.30. The van der Waals surface area contributed by atoms with Crippen LogP contribution < -0.4 is 0 Å². The Morgan fingerprint density at radius 2 is 1.65 bits per heavy atom. The van der Waals surface area contributed by atoms with E-state index in [4.69, 9.17) is 0 Å². The van der Waals surface area contributed by atoms with E-state index < -0.39 is 0 Å². The molecule has 5 heteroatoms. The summed E-state index contributed by atoms with van der Waals surface area (Å²) in [6.45, 7) is 13.0. The summed E-state index contributed by atoms with van der Waals surface area (Å²) >= 11 is 0. The van der Waals surface area contributed by atoms with Gasteiger partial charge in [0.25, 0.3) is 0 Å². The summed E-state index contributed by atoms with van der Waals surface area (Å²) in [5.74, 6) is 0.133. The molecule has 2 amide bonds. The molecule has 0 radical (unpaired) electrons. The number of benzene rings is 1. The van der Waals surface area contributed by atoms with Crippen LogP contribution in [0.5, 0.6) is 0 Å². The van der Waals surface area contributed by atoms with Crippen molar-refractivity contribution in [2.24, 2.45) is 16.7 Å². The van der Waals surface area contributed by atoms with E-state index in [1.807, 2.05) is 6.07 Å². The van der Waals surface area contributed by atoms with Crippen molar-refractivity contribution < 1.29 is 9.59 Å². The quantitative estimate of drug-likeness (QED) is 0.630. The van der Waals surface area contributed by atoms with Crippen LogP contribution >= 0.6 is 0 Å². The minimum absolute atomic E-state index is 0.00249. The van der Waals surface area contributed by atoms with Crippen molar-refractivity contribution >= 4 is 17.9 Å². The molecule has 1 aromatic rings. The van der Waals surface area contributed by atoms with E-state index >= 15 is 0 Å². The van der Waals surface area contributed by atoms with Crippen molar-refractivity contribution in [2.45, 2.75) is 40.0 Å². The summed E-state index contributed by atoms with van der Waals surface area (Å²) in [5, 5.41) is 0. The van der Waals surface area contributed by atoms with Gasteiger partial charge in [0.2, 0.25) is 11.8 Å². The number of nitrogens with zero attached hydrogens (tertiary/aromatic N) is 3. The summed E-state index contributed by atoms with van der Waals surface area (Å²) in [6.07, 6.45) is 7.00. The minimum atomic E-state index is -0.384. The molecule has 1 aromatic carbocycles. The smallest absolute Gasteiger partial charge is 0.235 e. The van der Waals surface area contributed by atoms with Gasteiger partial charge in [-0.05, 0) is 36.8 Å². The lowest BCUT2D eigenvalue weighted by Crippen LogP contribution is -2.59. The third kappa shape index (κ3) is 4.22. The molecular formula is C26H37N3O2. The van der Waals surface area contributed by atoms with Gasteiger partial charge in [-0.1, -0.05) is 63.3 Å². The van der Waals surface area contributed by atoms with Gasteiger partial charge in [0, 0.05) is 45.2 Å². The monoisotopic (exact) mass is 423 g/mol. The number of hydrogen-bond acceptors (Lipinski definition) is 4. The van der Waals surface area contributed by atoms with Crippen molar-refractivity contribution in [1.29, 1.82) is 0 Å². The Balaban J connectivity index is 1.20. The van der Waals surface area contributed by atoms with Crippen molar-refractivity contribution in [3.05, 3.63) is 42.0 Å². The second-order valence-corrected chi connectivity index (χ2v) is 10.2. The van der Waals surface area contributed by atoms with Crippen molar-refractivity contribution in [3.8, 4) is 0 Å². The van der Waals surface area contributed by atoms with Crippen LogP contribution in [0.3, 0.4) is 0 Å². The van der Waals surface area contributed by atoms with Gasteiger partial charge in [0.1, 0.15) is 0 Å². The Bertz CT molecular complexity index is 826.